The average molecular weight is 606 g/mol. The van der Waals surface area contributed by atoms with Gasteiger partial charge in [0.25, 0.3) is 5.78 Å². The van der Waals surface area contributed by atoms with Gasteiger partial charge in [0.2, 0.25) is 5.13 Å². The number of hydrogen-bond donors (Lipinski definition) is 1. The zero-order valence-electron chi connectivity index (χ0n) is 22.3. The molecule has 1 unspecified atom stereocenters. The van der Waals surface area contributed by atoms with Crippen LogP contribution in [0.2, 0.25) is 5.02 Å². The van der Waals surface area contributed by atoms with Crippen LogP contribution in [0.4, 0.5) is 5.13 Å². The molecule has 10 heteroatoms. The van der Waals surface area contributed by atoms with Gasteiger partial charge in [-0.3, -0.25) is 14.5 Å². The largest absolute Gasteiger partial charge is 0.507 e. The minimum atomic E-state index is -0.906. The van der Waals surface area contributed by atoms with Gasteiger partial charge in [-0.2, -0.15) is 0 Å². The molecule has 1 aromatic heterocycles. The summed E-state index contributed by atoms with van der Waals surface area (Å²) in [6, 6.07) is 22.7. The molecule has 3 aromatic carbocycles. The zero-order valence-corrected chi connectivity index (χ0v) is 24.7. The monoisotopic (exact) mass is 605 g/mol. The Balaban J connectivity index is 1.50. The number of hydrogen-bond acceptors (Lipinski definition) is 8. The van der Waals surface area contributed by atoms with Gasteiger partial charge in [0.15, 0.2) is 4.34 Å². The number of aliphatic hydroxyl groups is 1. The number of carbonyl (C=O) groups is 2. The second kappa shape index (κ2) is 13.3. The highest BCUT2D eigenvalue weighted by molar-refractivity contribution is 8.00. The topological polar surface area (TPSA) is 92.6 Å². The highest BCUT2D eigenvalue weighted by Gasteiger charge is 2.48. The van der Waals surface area contributed by atoms with E-state index >= 15 is 0 Å². The van der Waals surface area contributed by atoms with E-state index in [2.05, 4.69) is 17.1 Å². The molecule has 7 nitrogen and oxygen atoms in total. The average Bonchev–Trinajstić information content (AvgIpc) is 3.57. The minimum absolute atomic E-state index is 0.00472. The molecule has 1 N–H and O–H groups in total. The molecular formula is C31H28ClN3O4S2. The lowest BCUT2D eigenvalue weighted by molar-refractivity contribution is -0.132. The third-order valence-corrected chi connectivity index (χ3v) is 8.94. The molecule has 1 aliphatic heterocycles. The molecule has 1 fully saturated rings. The van der Waals surface area contributed by atoms with E-state index in [1.807, 2.05) is 54.6 Å². The number of thioether (sulfide) groups is 1. The summed E-state index contributed by atoms with van der Waals surface area (Å²) in [5.74, 6) is -0.532. The van der Waals surface area contributed by atoms with Crippen LogP contribution in [0.5, 0.6) is 5.75 Å². The van der Waals surface area contributed by atoms with Crippen molar-refractivity contribution >= 4 is 57.3 Å². The van der Waals surface area contributed by atoms with Gasteiger partial charge in [0, 0.05) is 16.3 Å². The van der Waals surface area contributed by atoms with E-state index in [1.165, 1.54) is 28.0 Å². The molecule has 0 spiro atoms. The molecule has 1 saturated heterocycles. The number of benzene rings is 3. The number of unbranched alkanes of at least 4 members (excludes halogenated alkanes) is 2. The lowest BCUT2D eigenvalue weighted by Gasteiger charge is -2.23. The van der Waals surface area contributed by atoms with Crippen LogP contribution in [0.15, 0.2) is 88.8 Å². The first kappa shape index (κ1) is 28.9. The summed E-state index contributed by atoms with van der Waals surface area (Å²) in [6.07, 6.45) is 3.07. The SMILES string of the molecule is CCCCCOc1cccc(C2C(=C(O)c3ccccc3)C(=O)C(=O)N2c2nnc(SCc3ccc(Cl)cc3)s2)c1. The Labute approximate surface area is 251 Å². The summed E-state index contributed by atoms with van der Waals surface area (Å²) in [7, 11) is 0. The fraction of sp³-hybridized carbons (Fsp3) is 0.226. The predicted octanol–water partition coefficient (Wildman–Crippen LogP) is 7.68. The van der Waals surface area contributed by atoms with E-state index in [0.717, 1.165) is 24.8 Å². The highest BCUT2D eigenvalue weighted by Crippen LogP contribution is 2.44. The van der Waals surface area contributed by atoms with Crippen LogP contribution in [0.25, 0.3) is 5.76 Å². The van der Waals surface area contributed by atoms with Crippen molar-refractivity contribution in [2.45, 2.75) is 42.3 Å². The van der Waals surface area contributed by atoms with Crippen LogP contribution in [0, 0.1) is 0 Å². The number of halogens is 1. The van der Waals surface area contributed by atoms with Gasteiger partial charge < -0.3 is 9.84 Å². The number of nitrogens with zero attached hydrogens (tertiary/aromatic N) is 3. The van der Waals surface area contributed by atoms with Crippen LogP contribution in [0.1, 0.15) is 48.9 Å². The lowest BCUT2D eigenvalue weighted by Crippen LogP contribution is -2.29. The smallest absolute Gasteiger partial charge is 0.301 e. The summed E-state index contributed by atoms with van der Waals surface area (Å²) < 4.78 is 6.61. The number of ether oxygens (including phenoxy) is 1. The fourth-order valence-electron chi connectivity index (χ4n) is 4.50. The van der Waals surface area contributed by atoms with E-state index in [-0.39, 0.29) is 16.5 Å². The first-order chi connectivity index (χ1) is 20.0. The van der Waals surface area contributed by atoms with Crippen molar-refractivity contribution in [1.29, 1.82) is 0 Å². The van der Waals surface area contributed by atoms with Gasteiger partial charge in [-0.15, -0.1) is 10.2 Å². The lowest BCUT2D eigenvalue weighted by atomic mass is 9.95. The summed E-state index contributed by atoms with van der Waals surface area (Å²) in [5.41, 5.74) is 2.13. The molecule has 1 aliphatic rings. The normalized spacial score (nSPS) is 16.3. The number of rotatable bonds is 11. The summed E-state index contributed by atoms with van der Waals surface area (Å²) in [5, 5.41) is 20.8. The molecule has 0 aliphatic carbocycles. The number of carbonyl (C=O) groups excluding carboxylic acids is 2. The molecule has 210 valence electrons. The molecule has 4 aromatic rings. The molecule has 0 bridgehead atoms. The Hall–Kier alpha value is -3.66. The molecule has 1 amide bonds. The van der Waals surface area contributed by atoms with Crippen LogP contribution < -0.4 is 9.64 Å². The number of amides is 1. The first-order valence-corrected chi connectivity index (χ1v) is 15.4. The number of ketones is 1. The maximum absolute atomic E-state index is 13.5. The zero-order chi connectivity index (χ0) is 28.8. The second-order valence-electron chi connectivity index (χ2n) is 9.43. The molecule has 5 rings (SSSR count). The summed E-state index contributed by atoms with van der Waals surface area (Å²) in [4.78, 5) is 28.3. The van der Waals surface area contributed by atoms with E-state index in [0.29, 0.717) is 38.6 Å². The van der Waals surface area contributed by atoms with Crippen molar-refractivity contribution in [3.63, 3.8) is 0 Å². The first-order valence-electron chi connectivity index (χ1n) is 13.3. The van der Waals surface area contributed by atoms with E-state index in [9.17, 15) is 14.7 Å². The van der Waals surface area contributed by atoms with Gasteiger partial charge in [-0.05, 0) is 41.8 Å². The van der Waals surface area contributed by atoms with E-state index in [1.54, 1.807) is 24.3 Å². The Morgan fingerprint density at radius 2 is 1.80 bits per heavy atom. The third kappa shape index (κ3) is 6.64. The van der Waals surface area contributed by atoms with Crippen molar-refractivity contribution in [3.05, 3.63) is 106 Å². The molecule has 0 radical (unpaired) electrons. The van der Waals surface area contributed by atoms with Crippen molar-refractivity contribution in [3.8, 4) is 5.75 Å². The molecule has 41 heavy (non-hydrogen) atoms. The van der Waals surface area contributed by atoms with Gasteiger partial charge in [-0.1, -0.05) is 109 Å². The van der Waals surface area contributed by atoms with Crippen molar-refractivity contribution in [2.75, 3.05) is 11.5 Å². The number of aliphatic hydroxyl groups excluding tert-OH is 1. The quantitative estimate of drug-likeness (QED) is 0.0468. The van der Waals surface area contributed by atoms with Crippen molar-refractivity contribution < 1.29 is 19.4 Å². The van der Waals surface area contributed by atoms with Crippen molar-refractivity contribution in [1.82, 2.24) is 10.2 Å². The molecular weight excluding hydrogens is 578 g/mol. The number of Topliss-reactive ketones (excluding diaryl/α,β-unsaturated/α-hetero) is 1. The van der Waals surface area contributed by atoms with Crippen molar-refractivity contribution in [2.24, 2.45) is 0 Å². The predicted molar refractivity (Wildman–Crippen MR) is 164 cm³/mol. The summed E-state index contributed by atoms with van der Waals surface area (Å²) in [6.45, 7) is 2.69. The maximum atomic E-state index is 13.5. The molecule has 2 heterocycles. The van der Waals surface area contributed by atoms with Gasteiger partial charge in [0.1, 0.15) is 11.5 Å². The standard InChI is InChI=1S/C31H28ClN3O4S2/c1-2-3-7-17-39-24-12-8-11-22(18-24)26-25(27(36)21-9-5-4-6-10-21)28(37)29(38)35(26)30-33-34-31(41-30)40-19-20-13-15-23(32)16-14-20/h4-6,8-16,18,26,36H,2-3,7,17,19H2,1H3. The maximum Gasteiger partial charge on any atom is 0.301 e. The third-order valence-electron chi connectivity index (χ3n) is 6.56. The Morgan fingerprint density at radius 1 is 1.02 bits per heavy atom. The van der Waals surface area contributed by atoms with Crippen LogP contribution in [-0.4, -0.2) is 33.6 Å². The van der Waals surface area contributed by atoms with Gasteiger partial charge in [-0.25, -0.2) is 0 Å². The van der Waals surface area contributed by atoms with Crippen LogP contribution >= 0.6 is 34.7 Å². The number of aromatic nitrogens is 2. The molecule has 0 saturated carbocycles. The van der Waals surface area contributed by atoms with Gasteiger partial charge in [0.05, 0.1) is 18.2 Å². The minimum Gasteiger partial charge on any atom is -0.507 e. The van der Waals surface area contributed by atoms with E-state index < -0.39 is 17.7 Å². The van der Waals surface area contributed by atoms with E-state index in [4.69, 9.17) is 16.3 Å². The van der Waals surface area contributed by atoms with Crippen LogP contribution in [0.3, 0.4) is 0 Å². The van der Waals surface area contributed by atoms with Gasteiger partial charge >= 0.3 is 5.91 Å². The Bertz CT molecular complexity index is 1560. The Morgan fingerprint density at radius 3 is 2.56 bits per heavy atom. The molecule has 1 atom stereocenters. The highest BCUT2D eigenvalue weighted by atomic mass is 35.5. The summed E-state index contributed by atoms with van der Waals surface area (Å²) >= 11 is 8.69. The number of anilines is 1. The Kier molecular flexibility index (Phi) is 9.38. The fourth-order valence-corrected chi connectivity index (χ4v) is 6.45. The van der Waals surface area contributed by atoms with Crippen LogP contribution in [-0.2, 0) is 15.3 Å². The second-order valence-corrected chi connectivity index (χ2v) is 12.0.